The van der Waals surface area contributed by atoms with E-state index in [1.165, 1.54) is 13.5 Å². The van der Waals surface area contributed by atoms with Crippen molar-refractivity contribution in [3.05, 3.63) is 0 Å². The van der Waals surface area contributed by atoms with Crippen molar-refractivity contribution in [3.63, 3.8) is 0 Å². The Morgan fingerprint density at radius 1 is 1.31 bits per heavy atom. The largest absolute Gasteiger partial charge is 0.469 e. The van der Waals surface area contributed by atoms with Crippen LogP contribution in [0.1, 0.15) is 38.5 Å². The molecule has 2 amide bonds. The number of nitrogens with one attached hydrogen (secondary N) is 2. The summed E-state index contributed by atoms with van der Waals surface area (Å²) < 4.78 is 4.77. The van der Waals surface area contributed by atoms with E-state index in [2.05, 4.69) is 10.7 Å². The monoisotopic (exact) mass is 383 g/mol. The smallest absolute Gasteiger partial charge is 0.337 e. The predicted molar refractivity (Wildman–Crippen MR) is 104 cm³/mol. The SMILES string of the molecule is COC(=O)CCS1=CN(NC(=O)N2CCCCC2)N=C1C1CCNCC1. The second-order valence-corrected chi connectivity index (χ2v) is 8.73. The molecule has 3 rings (SSSR count). The Bertz CT molecular complexity index is 583. The van der Waals surface area contributed by atoms with Gasteiger partial charge in [-0.25, -0.2) is 10.2 Å². The molecule has 0 aromatic carbocycles. The Morgan fingerprint density at radius 3 is 2.73 bits per heavy atom. The molecule has 0 radical (unpaired) electrons. The van der Waals surface area contributed by atoms with Gasteiger partial charge in [-0.3, -0.25) is 4.79 Å². The zero-order valence-electron chi connectivity index (χ0n) is 15.4. The highest BCUT2D eigenvalue weighted by molar-refractivity contribution is 8.28. The first-order valence-corrected chi connectivity index (χ1v) is 10.9. The molecule has 0 spiro atoms. The van der Waals surface area contributed by atoms with Gasteiger partial charge in [0.05, 0.1) is 24.1 Å². The van der Waals surface area contributed by atoms with Gasteiger partial charge in [-0.05, 0) is 45.2 Å². The van der Waals surface area contributed by atoms with Crippen molar-refractivity contribution >= 4 is 33.0 Å². The first-order valence-electron chi connectivity index (χ1n) is 9.43. The lowest BCUT2D eigenvalue weighted by atomic mass is 10.00. The molecule has 2 N–H and O–H groups in total. The van der Waals surface area contributed by atoms with Crippen molar-refractivity contribution in [3.8, 4) is 0 Å². The molecule has 0 aromatic rings. The zero-order chi connectivity index (χ0) is 18.4. The van der Waals surface area contributed by atoms with E-state index in [4.69, 9.17) is 9.84 Å². The highest BCUT2D eigenvalue weighted by Crippen LogP contribution is 2.31. The predicted octanol–water partition coefficient (Wildman–Crippen LogP) is 1.32. The average Bonchev–Trinajstić information content (AvgIpc) is 3.10. The number of carbonyl (C=O) groups excluding carboxylic acids is 2. The van der Waals surface area contributed by atoms with Gasteiger partial charge in [-0.1, -0.05) is 0 Å². The van der Waals surface area contributed by atoms with Gasteiger partial charge in [0.2, 0.25) is 0 Å². The number of hydrazine groups is 1. The van der Waals surface area contributed by atoms with E-state index >= 15 is 0 Å². The number of carbonyl (C=O) groups is 2. The molecule has 0 bridgehead atoms. The van der Waals surface area contributed by atoms with Gasteiger partial charge in [-0.15, -0.1) is 10.5 Å². The van der Waals surface area contributed by atoms with Crippen LogP contribution in [0.4, 0.5) is 4.79 Å². The lowest BCUT2D eigenvalue weighted by molar-refractivity contribution is -0.140. The Balaban J connectivity index is 1.65. The van der Waals surface area contributed by atoms with Crippen LogP contribution in [0, 0.1) is 5.92 Å². The topological polar surface area (TPSA) is 86.3 Å². The molecular weight excluding hydrogens is 354 g/mol. The van der Waals surface area contributed by atoms with Gasteiger partial charge in [0, 0.05) is 24.8 Å². The first-order chi connectivity index (χ1) is 12.7. The maximum absolute atomic E-state index is 12.5. The molecule has 2 fully saturated rings. The van der Waals surface area contributed by atoms with E-state index in [0.717, 1.165) is 56.9 Å². The number of hydrogen-bond donors (Lipinski definition) is 2. The van der Waals surface area contributed by atoms with E-state index < -0.39 is 0 Å². The van der Waals surface area contributed by atoms with Crippen molar-refractivity contribution in [2.45, 2.75) is 38.5 Å². The minimum atomic E-state index is -0.247. The lowest BCUT2D eigenvalue weighted by Gasteiger charge is -2.28. The molecule has 0 saturated carbocycles. The number of methoxy groups -OCH3 is 1. The van der Waals surface area contributed by atoms with Gasteiger partial charge in [-0.2, -0.15) is 10.2 Å². The average molecular weight is 384 g/mol. The van der Waals surface area contributed by atoms with E-state index in [0.29, 0.717) is 18.1 Å². The summed E-state index contributed by atoms with van der Waals surface area (Å²) in [6, 6.07) is -0.0900. The fourth-order valence-electron chi connectivity index (χ4n) is 3.49. The highest BCUT2D eigenvalue weighted by Gasteiger charge is 2.28. The number of nitrogens with zero attached hydrogens (tertiary/aromatic N) is 3. The maximum Gasteiger partial charge on any atom is 0.337 e. The normalized spacial score (nSPS) is 24.0. The molecule has 0 aromatic heterocycles. The summed E-state index contributed by atoms with van der Waals surface area (Å²) >= 11 is 0. The minimum absolute atomic E-state index is 0.0900. The van der Waals surface area contributed by atoms with Crippen LogP contribution in [-0.4, -0.2) is 71.6 Å². The summed E-state index contributed by atoms with van der Waals surface area (Å²) in [7, 11) is 1.17. The van der Waals surface area contributed by atoms with E-state index in [1.807, 2.05) is 10.4 Å². The van der Waals surface area contributed by atoms with Crippen LogP contribution < -0.4 is 10.7 Å². The third-order valence-corrected chi connectivity index (χ3v) is 7.05. The second-order valence-electron chi connectivity index (χ2n) is 6.84. The van der Waals surface area contributed by atoms with E-state index in [9.17, 15) is 9.59 Å². The van der Waals surface area contributed by atoms with Crippen molar-refractivity contribution in [2.75, 3.05) is 39.0 Å². The number of hydrogen-bond acceptors (Lipinski definition) is 6. The Kier molecular flexibility index (Phi) is 6.90. The zero-order valence-corrected chi connectivity index (χ0v) is 16.2. The number of likely N-dealkylation sites (tertiary alicyclic amines) is 1. The van der Waals surface area contributed by atoms with Gasteiger partial charge < -0.3 is 15.0 Å². The second kappa shape index (κ2) is 9.36. The van der Waals surface area contributed by atoms with Gasteiger partial charge in [0.1, 0.15) is 0 Å². The van der Waals surface area contributed by atoms with Crippen LogP contribution in [0.5, 0.6) is 0 Å². The van der Waals surface area contributed by atoms with Crippen molar-refractivity contribution in [1.29, 1.82) is 0 Å². The molecule has 9 heteroatoms. The summed E-state index contributed by atoms with van der Waals surface area (Å²) in [6.45, 7) is 3.58. The molecular formula is C17H29N5O3S. The fourth-order valence-corrected chi connectivity index (χ4v) is 5.50. The van der Waals surface area contributed by atoms with Crippen molar-refractivity contribution in [2.24, 2.45) is 11.0 Å². The number of piperidine rings is 2. The van der Waals surface area contributed by atoms with Crippen molar-refractivity contribution in [1.82, 2.24) is 20.8 Å². The van der Waals surface area contributed by atoms with Crippen LogP contribution in [0.25, 0.3) is 0 Å². The number of urea groups is 1. The van der Waals surface area contributed by atoms with Crippen LogP contribution in [0.2, 0.25) is 0 Å². The van der Waals surface area contributed by atoms with E-state index in [1.54, 1.807) is 5.12 Å². The molecule has 1 atom stereocenters. The quantitative estimate of drug-likeness (QED) is 0.552. The van der Waals surface area contributed by atoms with Gasteiger partial charge in [0.15, 0.2) is 0 Å². The van der Waals surface area contributed by atoms with Gasteiger partial charge in [0.25, 0.3) is 0 Å². The number of hydrazone groups is 1. The Hall–Kier alpha value is -1.61. The summed E-state index contributed by atoms with van der Waals surface area (Å²) in [5.41, 5.74) is 4.86. The highest BCUT2D eigenvalue weighted by atomic mass is 32.2. The molecule has 3 heterocycles. The lowest BCUT2D eigenvalue weighted by Crippen LogP contribution is -2.47. The molecule has 146 valence electrons. The maximum atomic E-state index is 12.5. The summed E-state index contributed by atoms with van der Waals surface area (Å²) in [5.74, 6) is 0.891. The molecule has 8 nitrogen and oxygen atoms in total. The number of esters is 1. The minimum Gasteiger partial charge on any atom is -0.469 e. The Morgan fingerprint density at radius 2 is 2.04 bits per heavy atom. The molecule has 3 aliphatic rings. The molecule has 3 aliphatic heterocycles. The number of amides is 2. The standard InChI is InChI=1S/C17H29N5O3S/c1-25-15(23)7-12-26-13-22(19-16(26)14-5-8-18-9-6-14)20-17(24)21-10-3-2-4-11-21/h13-14,18H,2-12H2,1H3,(H,20,24). The third-order valence-electron chi connectivity index (χ3n) is 5.00. The summed E-state index contributed by atoms with van der Waals surface area (Å²) in [4.78, 5) is 25.9. The number of ether oxygens (including phenoxy) is 1. The fraction of sp³-hybridized carbons (Fsp3) is 0.765. The van der Waals surface area contributed by atoms with Crippen LogP contribution in [0.3, 0.4) is 0 Å². The summed E-state index contributed by atoms with van der Waals surface area (Å²) in [6.07, 6.45) is 5.77. The molecule has 1 unspecified atom stereocenters. The van der Waals surface area contributed by atoms with Crippen molar-refractivity contribution < 1.29 is 14.3 Å². The summed E-state index contributed by atoms with van der Waals surface area (Å²) in [5, 5.41) is 10.8. The third kappa shape index (κ3) is 4.97. The Labute approximate surface area is 157 Å². The van der Waals surface area contributed by atoms with Crippen LogP contribution in [-0.2, 0) is 9.53 Å². The first kappa shape index (κ1) is 19.2. The number of rotatable bonds is 5. The molecule has 0 aliphatic carbocycles. The van der Waals surface area contributed by atoms with Gasteiger partial charge >= 0.3 is 12.0 Å². The molecule has 2 saturated heterocycles. The van der Waals surface area contributed by atoms with E-state index in [-0.39, 0.29) is 22.5 Å². The van der Waals surface area contributed by atoms with Crippen LogP contribution in [0.15, 0.2) is 5.10 Å². The van der Waals surface area contributed by atoms with Crippen LogP contribution >= 0.6 is 10.5 Å². The molecule has 26 heavy (non-hydrogen) atoms.